The van der Waals surface area contributed by atoms with Gasteiger partial charge < -0.3 is 9.84 Å². The highest BCUT2D eigenvalue weighted by molar-refractivity contribution is 5.74. The monoisotopic (exact) mass is 260 g/mol. The first kappa shape index (κ1) is 13.3. The lowest BCUT2D eigenvalue weighted by molar-refractivity contribution is -0.155. The van der Waals surface area contributed by atoms with Crippen LogP contribution in [0.3, 0.4) is 0 Å². The maximum atomic E-state index is 11.5. The number of benzene rings is 1. The maximum Gasteiger partial charge on any atom is 0.311 e. The minimum Gasteiger partial charge on any atom is -0.481 e. The smallest absolute Gasteiger partial charge is 0.311 e. The van der Waals surface area contributed by atoms with Crippen molar-refractivity contribution in [3.05, 3.63) is 48.0 Å². The molecule has 0 bridgehead atoms. The van der Waals surface area contributed by atoms with Crippen molar-refractivity contribution in [3.8, 4) is 0 Å². The number of esters is 1. The first-order valence-corrected chi connectivity index (χ1v) is 6.21. The summed E-state index contributed by atoms with van der Waals surface area (Å²) in [6.45, 7) is 1.29. The Hall–Kier alpha value is -2.10. The van der Waals surface area contributed by atoms with E-state index in [0.29, 0.717) is 6.42 Å². The predicted octanol–water partition coefficient (Wildman–Crippen LogP) is 2.36. The van der Waals surface area contributed by atoms with Crippen LogP contribution >= 0.6 is 0 Å². The molecule has 0 saturated carbocycles. The van der Waals surface area contributed by atoms with E-state index in [4.69, 9.17) is 4.74 Å². The average molecular weight is 260 g/mol. The number of rotatable bonds is 3. The number of carbonyl (C=O) groups is 2. The van der Waals surface area contributed by atoms with Crippen LogP contribution in [0, 0.1) is 5.92 Å². The second-order valence-electron chi connectivity index (χ2n) is 4.62. The van der Waals surface area contributed by atoms with Gasteiger partial charge in [-0.3, -0.25) is 9.59 Å². The molecule has 1 aliphatic rings. The third-order valence-electron chi connectivity index (χ3n) is 3.32. The number of carboxylic acid groups (broad SMARTS) is 1. The number of aliphatic carboxylic acids is 1. The van der Waals surface area contributed by atoms with Crippen LogP contribution in [0.2, 0.25) is 0 Å². The van der Waals surface area contributed by atoms with Crippen molar-refractivity contribution in [1.29, 1.82) is 0 Å². The van der Waals surface area contributed by atoms with E-state index in [1.165, 1.54) is 6.92 Å². The van der Waals surface area contributed by atoms with E-state index in [0.717, 1.165) is 5.56 Å². The molecule has 1 N–H and O–H groups in total. The SMILES string of the molecule is CC(=O)OC1C=CCC(c2ccccc2)C1C(=O)O. The Morgan fingerprint density at radius 2 is 1.95 bits per heavy atom. The zero-order valence-corrected chi connectivity index (χ0v) is 10.7. The molecule has 0 heterocycles. The van der Waals surface area contributed by atoms with Gasteiger partial charge in [-0.2, -0.15) is 0 Å². The Morgan fingerprint density at radius 1 is 1.26 bits per heavy atom. The zero-order chi connectivity index (χ0) is 13.8. The lowest BCUT2D eigenvalue weighted by Gasteiger charge is -2.31. The van der Waals surface area contributed by atoms with E-state index in [2.05, 4.69) is 0 Å². The molecule has 0 saturated heterocycles. The summed E-state index contributed by atoms with van der Waals surface area (Å²) in [4.78, 5) is 22.6. The molecule has 1 aromatic carbocycles. The molecule has 0 spiro atoms. The van der Waals surface area contributed by atoms with E-state index in [9.17, 15) is 14.7 Å². The minimum atomic E-state index is -0.940. The van der Waals surface area contributed by atoms with Gasteiger partial charge in [-0.05, 0) is 18.1 Å². The number of hydrogen-bond acceptors (Lipinski definition) is 3. The molecule has 4 heteroatoms. The molecule has 0 aliphatic heterocycles. The summed E-state index contributed by atoms with van der Waals surface area (Å²) in [7, 11) is 0. The Balaban J connectivity index is 2.31. The molecule has 1 aliphatic carbocycles. The fourth-order valence-electron chi connectivity index (χ4n) is 2.52. The quantitative estimate of drug-likeness (QED) is 0.669. The second kappa shape index (κ2) is 5.69. The Kier molecular flexibility index (Phi) is 4.00. The predicted molar refractivity (Wildman–Crippen MR) is 69.6 cm³/mol. The number of ether oxygens (including phenoxy) is 1. The van der Waals surface area contributed by atoms with Gasteiger partial charge in [0.15, 0.2) is 0 Å². The van der Waals surface area contributed by atoms with Crippen LogP contribution in [-0.4, -0.2) is 23.1 Å². The zero-order valence-electron chi connectivity index (χ0n) is 10.7. The first-order valence-electron chi connectivity index (χ1n) is 6.21. The molecule has 4 nitrogen and oxygen atoms in total. The van der Waals surface area contributed by atoms with Crippen molar-refractivity contribution in [2.45, 2.75) is 25.4 Å². The maximum absolute atomic E-state index is 11.5. The summed E-state index contributed by atoms with van der Waals surface area (Å²) in [6.07, 6.45) is 3.48. The fourth-order valence-corrected chi connectivity index (χ4v) is 2.52. The van der Waals surface area contributed by atoms with Crippen LogP contribution in [-0.2, 0) is 14.3 Å². The highest BCUT2D eigenvalue weighted by Gasteiger charge is 2.38. The van der Waals surface area contributed by atoms with Gasteiger partial charge in [0.05, 0.1) is 0 Å². The van der Waals surface area contributed by atoms with Gasteiger partial charge in [-0.25, -0.2) is 0 Å². The van der Waals surface area contributed by atoms with Gasteiger partial charge in [-0.15, -0.1) is 0 Å². The molecule has 19 heavy (non-hydrogen) atoms. The highest BCUT2D eigenvalue weighted by Crippen LogP contribution is 2.36. The van der Waals surface area contributed by atoms with Crippen molar-refractivity contribution in [1.82, 2.24) is 0 Å². The van der Waals surface area contributed by atoms with Gasteiger partial charge >= 0.3 is 11.9 Å². The van der Waals surface area contributed by atoms with Crippen molar-refractivity contribution in [2.75, 3.05) is 0 Å². The van der Waals surface area contributed by atoms with Crippen molar-refractivity contribution >= 4 is 11.9 Å². The third kappa shape index (κ3) is 3.02. The van der Waals surface area contributed by atoms with Crippen LogP contribution < -0.4 is 0 Å². The van der Waals surface area contributed by atoms with Crippen LogP contribution in [0.25, 0.3) is 0 Å². The van der Waals surface area contributed by atoms with Crippen molar-refractivity contribution in [2.24, 2.45) is 5.92 Å². The Bertz CT molecular complexity index is 492. The summed E-state index contributed by atoms with van der Waals surface area (Å²) in [5.41, 5.74) is 0.955. The molecular weight excluding hydrogens is 244 g/mol. The molecule has 1 aromatic rings. The Labute approximate surface area is 111 Å². The van der Waals surface area contributed by atoms with Crippen LogP contribution in [0.15, 0.2) is 42.5 Å². The fraction of sp³-hybridized carbons (Fsp3) is 0.333. The number of allylic oxidation sites excluding steroid dienone is 1. The lowest BCUT2D eigenvalue weighted by Crippen LogP contribution is -2.37. The minimum absolute atomic E-state index is 0.173. The number of carboxylic acids is 1. The molecule has 0 fully saturated rings. The van der Waals surface area contributed by atoms with Gasteiger partial charge in [0.2, 0.25) is 0 Å². The van der Waals surface area contributed by atoms with Crippen molar-refractivity contribution in [3.63, 3.8) is 0 Å². The molecule has 3 unspecified atom stereocenters. The van der Waals surface area contributed by atoms with E-state index in [1.807, 2.05) is 36.4 Å². The van der Waals surface area contributed by atoms with Crippen LogP contribution in [0.5, 0.6) is 0 Å². The molecule has 100 valence electrons. The molecule has 3 atom stereocenters. The van der Waals surface area contributed by atoms with E-state index < -0.39 is 24.0 Å². The molecule has 0 radical (unpaired) electrons. The molecule has 0 amide bonds. The summed E-state index contributed by atoms with van der Waals surface area (Å²) in [5.74, 6) is -2.32. The number of hydrogen-bond donors (Lipinski definition) is 1. The Morgan fingerprint density at radius 3 is 2.53 bits per heavy atom. The topological polar surface area (TPSA) is 63.6 Å². The van der Waals surface area contributed by atoms with Gasteiger partial charge in [-0.1, -0.05) is 36.4 Å². The van der Waals surface area contributed by atoms with E-state index >= 15 is 0 Å². The summed E-state index contributed by atoms with van der Waals surface area (Å²) in [5, 5.41) is 9.43. The van der Waals surface area contributed by atoms with Crippen LogP contribution in [0.4, 0.5) is 0 Å². The van der Waals surface area contributed by atoms with Crippen LogP contribution in [0.1, 0.15) is 24.8 Å². The average Bonchev–Trinajstić information content (AvgIpc) is 2.38. The number of carbonyl (C=O) groups excluding carboxylic acids is 1. The van der Waals surface area contributed by atoms with Crippen molar-refractivity contribution < 1.29 is 19.4 Å². The van der Waals surface area contributed by atoms with Gasteiger partial charge in [0.1, 0.15) is 12.0 Å². The van der Waals surface area contributed by atoms with Gasteiger partial charge in [0, 0.05) is 12.8 Å². The largest absolute Gasteiger partial charge is 0.481 e. The highest BCUT2D eigenvalue weighted by atomic mass is 16.5. The molecule has 2 rings (SSSR count). The second-order valence-corrected chi connectivity index (χ2v) is 4.62. The summed E-state index contributed by atoms with van der Waals surface area (Å²) < 4.78 is 5.11. The normalized spacial score (nSPS) is 25.8. The lowest BCUT2D eigenvalue weighted by atomic mass is 9.77. The van der Waals surface area contributed by atoms with E-state index in [-0.39, 0.29) is 5.92 Å². The summed E-state index contributed by atoms with van der Waals surface area (Å²) >= 11 is 0. The van der Waals surface area contributed by atoms with Gasteiger partial charge in [0.25, 0.3) is 0 Å². The summed E-state index contributed by atoms with van der Waals surface area (Å²) in [6, 6.07) is 9.47. The van der Waals surface area contributed by atoms with E-state index in [1.54, 1.807) is 6.08 Å². The molecule has 0 aromatic heterocycles. The third-order valence-corrected chi connectivity index (χ3v) is 3.32. The first-order chi connectivity index (χ1) is 9.09. The standard InChI is InChI=1S/C15H16O4/c1-10(16)19-13-9-5-8-12(14(13)15(17)18)11-6-3-2-4-7-11/h2-7,9,12-14H,8H2,1H3,(H,17,18). The molecular formula is C15H16O4.